The van der Waals surface area contributed by atoms with E-state index in [1.54, 1.807) is 4.90 Å². The van der Waals surface area contributed by atoms with Crippen LogP contribution in [0.25, 0.3) is 0 Å². The summed E-state index contributed by atoms with van der Waals surface area (Å²) in [7, 11) is 0. The minimum Gasteiger partial charge on any atom is -0.481 e. The van der Waals surface area contributed by atoms with Crippen molar-refractivity contribution in [1.82, 2.24) is 9.80 Å². The number of carboxylic acids is 1. The van der Waals surface area contributed by atoms with Gasteiger partial charge in [0, 0.05) is 39.1 Å². The van der Waals surface area contributed by atoms with Crippen molar-refractivity contribution in [2.45, 2.75) is 19.3 Å². The second kappa shape index (κ2) is 6.86. The zero-order valence-electron chi connectivity index (χ0n) is 11.2. The highest BCUT2D eigenvalue weighted by atomic mass is 16.5. The van der Waals surface area contributed by atoms with Crippen molar-refractivity contribution in [3.05, 3.63) is 0 Å². The fraction of sp³-hybridized carbons (Fsp3) is 0.846. The van der Waals surface area contributed by atoms with Crippen LogP contribution in [-0.2, 0) is 14.3 Å². The first-order valence-electron chi connectivity index (χ1n) is 6.97. The topological polar surface area (TPSA) is 70.1 Å². The highest BCUT2D eigenvalue weighted by Crippen LogP contribution is 2.18. The molecule has 6 nitrogen and oxygen atoms in total. The Morgan fingerprint density at radius 2 is 2.05 bits per heavy atom. The Balaban J connectivity index is 1.71. The van der Waals surface area contributed by atoms with Crippen molar-refractivity contribution in [1.29, 1.82) is 0 Å². The molecule has 2 fully saturated rings. The van der Waals surface area contributed by atoms with Crippen LogP contribution in [0.2, 0.25) is 0 Å². The lowest BCUT2D eigenvalue weighted by Gasteiger charge is -2.32. The van der Waals surface area contributed by atoms with Crippen LogP contribution in [0.1, 0.15) is 19.3 Å². The molecule has 2 aliphatic heterocycles. The van der Waals surface area contributed by atoms with Gasteiger partial charge in [-0.3, -0.25) is 14.5 Å². The molecule has 0 saturated carbocycles. The molecule has 2 rings (SSSR count). The second-order valence-corrected chi connectivity index (χ2v) is 5.22. The standard InChI is InChI=1S/C13H22N2O4/c16-12-3-2-11(13(17)18)10-15(12)5-1-4-14-6-8-19-9-7-14/h11H,1-10H2,(H,17,18). The van der Waals surface area contributed by atoms with E-state index in [1.807, 2.05) is 0 Å². The number of carbonyl (C=O) groups excluding carboxylic acids is 1. The fourth-order valence-electron chi connectivity index (χ4n) is 2.64. The number of ether oxygens (including phenoxy) is 1. The van der Waals surface area contributed by atoms with Crippen LogP contribution in [0.15, 0.2) is 0 Å². The largest absolute Gasteiger partial charge is 0.481 e. The first-order valence-corrected chi connectivity index (χ1v) is 6.97. The summed E-state index contributed by atoms with van der Waals surface area (Å²) in [6.07, 6.45) is 1.75. The quantitative estimate of drug-likeness (QED) is 0.763. The number of rotatable bonds is 5. The van der Waals surface area contributed by atoms with Gasteiger partial charge in [-0.1, -0.05) is 0 Å². The van der Waals surface area contributed by atoms with E-state index >= 15 is 0 Å². The zero-order chi connectivity index (χ0) is 13.7. The van der Waals surface area contributed by atoms with Crippen molar-refractivity contribution in [2.24, 2.45) is 5.92 Å². The minimum absolute atomic E-state index is 0.0967. The maximum Gasteiger partial charge on any atom is 0.308 e. The molecule has 1 atom stereocenters. The number of hydrogen-bond acceptors (Lipinski definition) is 4. The molecule has 0 aliphatic carbocycles. The molecule has 2 aliphatic rings. The summed E-state index contributed by atoms with van der Waals surface area (Å²) in [4.78, 5) is 26.7. The summed E-state index contributed by atoms with van der Waals surface area (Å²) in [5.74, 6) is -1.08. The summed E-state index contributed by atoms with van der Waals surface area (Å²) < 4.78 is 5.28. The van der Waals surface area contributed by atoms with E-state index in [2.05, 4.69) is 4.90 Å². The van der Waals surface area contributed by atoms with Gasteiger partial charge in [0.2, 0.25) is 5.91 Å². The van der Waals surface area contributed by atoms with Gasteiger partial charge in [0.15, 0.2) is 0 Å². The predicted molar refractivity (Wildman–Crippen MR) is 68.8 cm³/mol. The molecule has 108 valence electrons. The highest BCUT2D eigenvalue weighted by molar-refractivity contribution is 5.80. The summed E-state index contributed by atoms with van der Waals surface area (Å²) in [6.45, 7) is 5.45. The molecular formula is C13H22N2O4. The lowest BCUT2D eigenvalue weighted by Crippen LogP contribution is -2.44. The Morgan fingerprint density at radius 3 is 2.74 bits per heavy atom. The molecule has 0 aromatic rings. The van der Waals surface area contributed by atoms with Gasteiger partial charge >= 0.3 is 5.97 Å². The highest BCUT2D eigenvalue weighted by Gasteiger charge is 2.29. The average Bonchev–Trinajstić information content (AvgIpc) is 2.42. The van der Waals surface area contributed by atoms with Gasteiger partial charge in [-0.05, 0) is 12.8 Å². The third kappa shape index (κ3) is 4.18. The SMILES string of the molecule is O=C(O)C1CCC(=O)N(CCCN2CCOCC2)C1. The lowest BCUT2D eigenvalue weighted by atomic mass is 9.97. The summed E-state index contributed by atoms with van der Waals surface area (Å²) in [5, 5.41) is 9.01. The molecular weight excluding hydrogens is 248 g/mol. The van der Waals surface area contributed by atoms with Gasteiger partial charge in [-0.25, -0.2) is 0 Å². The molecule has 1 N–H and O–H groups in total. The number of piperidine rings is 1. The van der Waals surface area contributed by atoms with Gasteiger partial charge in [0.25, 0.3) is 0 Å². The number of carbonyl (C=O) groups is 2. The summed E-state index contributed by atoms with van der Waals surface area (Å²) in [5.41, 5.74) is 0. The second-order valence-electron chi connectivity index (χ2n) is 5.22. The zero-order valence-corrected chi connectivity index (χ0v) is 11.2. The van der Waals surface area contributed by atoms with Gasteiger partial charge < -0.3 is 14.7 Å². The van der Waals surface area contributed by atoms with E-state index in [-0.39, 0.29) is 11.8 Å². The third-order valence-corrected chi connectivity index (χ3v) is 3.86. The molecule has 0 aromatic heterocycles. The number of likely N-dealkylation sites (tertiary alicyclic amines) is 1. The van der Waals surface area contributed by atoms with Crippen molar-refractivity contribution < 1.29 is 19.4 Å². The molecule has 1 unspecified atom stereocenters. The van der Waals surface area contributed by atoms with Crippen LogP contribution in [0, 0.1) is 5.92 Å². The first kappa shape index (κ1) is 14.3. The van der Waals surface area contributed by atoms with Crippen LogP contribution in [0.5, 0.6) is 0 Å². The lowest BCUT2D eigenvalue weighted by molar-refractivity contribution is -0.147. The normalized spacial score (nSPS) is 25.6. The van der Waals surface area contributed by atoms with Gasteiger partial charge in [0.1, 0.15) is 0 Å². The van der Waals surface area contributed by atoms with Crippen LogP contribution in [0.3, 0.4) is 0 Å². The maximum atomic E-state index is 11.7. The number of aliphatic carboxylic acids is 1. The van der Waals surface area contributed by atoms with Gasteiger partial charge in [-0.15, -0.1) is 0 Å². The van der Waals surface area contributed by atoms with Crippen LogP contribution >= 0.6 is 0 Å². The summed E-state index contributed by atoms with van der Waals surface area (Å²) >= 11 is 0. The van der Waals surface area contributed by atoms with E-state index in [0.717, 1.165) is 39.3 Å². The molecule has 0 radical (unpaired) electrons. The monoisotopic (exact) mass is 270 g/mol. The smallest absolute Gasteiger partial charge is 0.308 e. The Kier molecular flexibility index (Phi) is 5.15. The fourth-order valence-corrected chi connectivity index (χ4v) is 2.64. The third-order valence-electron chi connectivity index (χ3n) is 3.86. The van der Waals surface area contributed by atoms with E-state index < -0.39 is 5.97 Å². The number of carboxylic acid groups (broad SMARTS) is 1. The van der Waals surface area contributed by atoms with Crippen LogP contribution in [-0.4, -0.2) is 72.7 Å². The van der Waals surface area contributed by atoms with E-state index in [4.69, 9.17) is 9.84 Å². The van der Waals surface area contributed by atoms with Crippen molar-refractivity contribution in [2.75, 3.05) is 45.9 Å². The number of nitrogens with zero attached hydrogens (tertiary/aromatic N) is 2. The summed E-state index contributed by atoms with van der Waals surface area (Å²) in [6, 6.07) is 0. The van der Waals surface area contributed by atoms with E-state index in [1.165, 1.54) is 0 Å². The average molecular weight is 270 g/mol. The molecule has 1 amide bonds. The Hall–Kier alpha value is -1.14. The molecule has 0 spiro atoms. The maximum absolute atomic E-state index is 11.7. The molecule has 6 heteroatoms. The van der Waals surface area contributed by atoms with Crippen molar-refractivity contribution >= 4 is 11.9 Å². The molecule has 2 saturated heterocycles. The van der Waals surface area contributed by atoms with Gasteiger partial charge in [-0.2, -0.15) is 0 Å². The Morgan fingerprint density at radius 1 is 1.32 bits per heavy atom. The molecule has 0 aromatic carbocycles. The molecule has 0 bridgehead atoms. The molecule has 2 heterocycles. The number of morpholine rings is 1. The number of amides is 1. The van der Waals surface area contributed by atoms with Crippen molar-refractivity contribution in [3.63, 3.8) is 0 Å². The van der Waals surface area contributed by atoms with Crippen molar-refractivity contribution in [3.8, 4) is 0 Å². The molecule has 19 heavy (non-hydrogen) atoms. The Labute approximate surface area is 113 Å². The van der Waals surface area contributed by atoms with Crippen LogP contribution < -0.4 is 0 Å². The minimum atomic E-state index is -0.786. The first-order chi connectivity index (χ1) is 9.16. The van der Waals surface area contributed by atoms with Gasteiger partial charge in [0.05, 0.1) is 19.1 Å². The van der Waals surface area contributed by atoms with E-state index in [0.29, 0.717) is 25.9 Å². The van der Waals surface area contributed by atoms with Crippen LogP contribution in [0.4, 0.5) is 0 Å². The Bertz CT molecular complexity index is 329. The van der Waals surface area contributed by atoms with E-state index in [9.17, 15) is 9.59 Å². The number of hydrogen-bond donors (Lipinski definition) is 1. The predicted octanol–water partition coefficient (Wildman–Crippen LogP) is 0.0319.